The van der Waals surface area contributed by atoms with Crippen LogP contribution in [0.5, 0.6) is 0 Å². The Hall–Kier alpha value is -15.1. The minimum Gasteiger partial charge on any atom is -0.309 e. The van der Waals surface area contributed by atoms with Crippen LogP contribution in [-0.2, 0) is 0 Å². The SMILES string of the molecule is c1ccc(-c2sc3c(ccc4c3c3ccccc3n4-c3cccc(-c4cc(-c5ccc(-c6ccncc6)cc5)nc(-c5ccncc5)n4)c3)c2-c2ccccc2)cc1.c1ccc(-c2sc3c(ccc4c3c3ccccc3n4-c3cccc(-c4nc(-c5ccncc5)cc(-c5ccc(-c6ccncc6)cc5)n4)c3)c2-c2ccccc2)cc1. The van der Waals surface area contributed by atoms with Crippen molar-refractivity contribution >= 4 is 86.5 Å². The zero-order chi connectivity index (χ0) is 76.8. The summed E-state index contributed by atoms with van der Waals surface area (Å²) in [4.78, 5) is 40.1. The van der Waals surface area contributed by atoms with Crippen molar-refractivity contribution in [3.05, 3.63) is 401 Å². The van der Waals surface area contributed by atoms with E-state index in [4.69, 9.17) is 19.9 Å². The average molecular weight is 1520 g/mol. The predicted octanol–water partition coefficient (Wildman–Crippen LogP) is 27.2. The van der Waals surface area contributed by atoms with Gasteiger partial charge in [0.15, 0.2) is 11.6 Å². The molecule has 0 saturated heterocycles. The summed E-state index contributed by atoms with van der Waals surface area (Å²) in [5.74, 6) is 1.31. The number of thiophene rings is 2. The molecule has 0 saturated carbocycles. The number of hydrogen-bond donors (Lipinski definition) is 0. The van der Waals surface area contributed by atoms with Gasteiger partial charge in [-0.2, -0.15) is 0 Å². The normalized spacial score (nSPS) is 11.4. The number of nitrogens with zero attached hydrogens (tertiary/aromatic N) is 10. The highest BCUT2D eigenvalue weighted by Crippen LogP contribution is 2.52. The molecule has 12 aromatic carbocycles. The third kappa shape index (κ3) is 12.7. The van der Waals surface area contributed by atoms with Gasteiger partial charge in [0, 0.05) is 157 Å². The molecule has 544 valence electrons. The quantitative estimate of drug-likeness (QED) is 0.106. The van der Waals surface area contributed by atoms with Gasteiger partial charge in [0.1, 0.15) is 0 Å². The van der Waals surface area contributed by atoms with Crippen molar-refractivity contribution < 1.29 is 0 Å². The minimum atomic E-state index is 0.652. The van der Waals surface area contributed by atoms with E-state index in [1.165, 1.54) is 90.4 Å². The van der Waals surface area contributed by atoms with Crippen LogP contribution in [0.3, 0.4) is 0 Å². The second kappa shape index (κ2) is 29.9. The average Bonchev–Trinajstić information content (AvgIpc) is 1.56. The Labute approximate surface area is 676 Å². The summed E-state index contributed by atoms with van der Waals surface area (Å²) in [5, 5.41) is 7.52. The predicted molar refractivity (Wildman–Crippen MR) is 480 cm³/mol. The van der Waals surface area contributed by atoms with Crippen LogP contribution in [0.1, 0.15) is 0 Å². The van der Waals surface area contributed by atoms with E-state index in [1.807, 2.05) is 96.0 Å². The fourth-order valence-corrected chi connectivity index (χ4v) is 19.0. The molecule has 0 aliphatic rings. The van der Waals surface area contributed by atoms with E-state index in [0.717, 1.165) is 106 Å². The topological polar surface area (TPSA) is 113 Å². The van der Waals surface area contributed by atoms with Crippen LogP contribution in [0.25, 0.3) is 208 Å². The number of benzene rings is 12. The molecule has 0 aliphatic heterocycles. The molecule has 10 heterocycles. The van der Waals surface area contributed by atoms with Gasteiger partial charge in [0.05, 0.1) is 44.8 Å². The first-order valence-corrected chi connectivity index (χ1v) is 40.2. The molecular formula is C104H66N10S2. The number of para-hydroxylation sites is 2. The number of rotatable bonds is 14. The van der Waals surface area contributed by atoms with Crippen molar-refractivity contribution in [3.8, 4) is 145 Å². The van der Waals surface area contributed by atoms with Crippen LogP contribution < -0.4 is 0 Å². The molecule has 10 aromatic heterocycles. The Bertz CT molecular complexity index is 6940. The van der Waals surface area contributed by atoms with E-state index in [2.05, 4.69) is 332 Å². The van der Waals surface area contributed by atoms with Gasteiger partial charge in [-0.1, -0.05) is 243 Å². The highest BCUT2D eigenvalue weighted by atomic mass is 32.1. The highest BCUT2D eigenvalue weighted by molar-refractivity contribution is 7.24. The van der Waals surface area contributed by atoms with Gasteiger partial charge >= 0.3 is 0 Å². The van der Waals surface area contributed by atoms with Gasteiger partial charge < -0.3 is 9.13 Å². The molecular weight excluding hydrogens is 1450 g/mol. The smallest absolute Gasteiger partial charge is 0.160 e. The molecule has 0 unspecified atom stereocenters. The molecule has 0 N–H and O–H groups in total. The lowest BCUT2D eigenvalue weighted by Crippen LogP contribution is -1.98. The molecule has 0 atom stereocenters. The van der Waals surface area contributed by atoms with Gasteiger partial charge in [-0.15, -0.1) is 22.7 Å². The highest BCUT2D eigenvalue weighted by Gasteiger charge is 2.26. The lowest BCUT2D eigenvalue weighted by Gasteiger charge is -2.12. The first-order chi connectivity index (χ1) is 57.5. The van der Waals surface area contributed by atoms with E-state index in [0.29, 0.717) is 11.6 Å². The number of fused-ring (bicyclic) bond motifs is 10. The summed E-state index contributed by atoms with van der Waals surface area (Å²) in [7, 11) is 0. The van der Waals surface area contributed by atoms with E-state index in [9.17, 15) is 0 Å². The Balaban J connectivity index is 0.000000145. The Morgan fingerprint density at radius 1 is 0.198 bits per heavy atom. The summed E-state index contributed by atoms with van der Waals surface area (Å²) in [6.07, 6.45) is 14.5. The Morgan fingerprint density at radius 2 is 0.509 bits per heavy atom. The summed E-state index contributed by atoms with van der Waals surface area (Å²) in [6, 6.07) is 125. The lowest BCUT2D eigenvalue weighted by atomic mass is 9.98. The standard InChI is InChI=1S/2C52H33N5S/c1-3-10-38(11-4-1)48-43-22-23-47-49(51(43)58-50(48)39-12-5-2-6-13-39)42-16-7-8-17-46(42)57(47)41-15-9-14-40(32-41)52-55-44(33-45(56-52)37-26-30-54-31-27-37)36-20-18-34(19-21-36)35-24-28-53-29-25-35;1-3-10-37(11-4-1)48-43-22-23-47-49(51(43)58-50(48)38-12-5-2-6-13-38)42-16-7-8-17-46(42)57(47)41-15-9-14-40(32-41)45-33-44(55-52(56-45)39-26-30-54-31-27-39)36-20-18-34(19-21-36)35-24-28-53-29-25-35/h2*1-33H. The largest absolute Gasteiger partial charge is 0.309 e. The molecule has 22 rings (SSSR count). The second-order valence-electron chi connectivity index (χ2n) is 28.6. The maximum Gasteiger partial charge on any atom is 0.160 e. The zero-order valence-corrected chi connectivity index (χ0v) is 64.0. The molecule has 0 bridgehead atoms. The third-order valence-electron chi connectivity index (χ3n) is 21.7. The van der Waals surface area contributed by atoms with Crippen molar-refractivity contribution in [2.75, 3.05) is 0 Å². The van der Waals surface area contributed by atoms with Crippen molar-refractivity contribution in [1.29, 1.82) is 0 Å². The fourth-order valence-electron chi connectivity index (χ4n) is 16.3. The fraction of sp³-hybridized carbons (Fsp3) is 0. The van der Waals surface area contributed by atoms with E-state index < -0.39 is 0 Å². The summed E-state index contributed by atoms with van der Waals surface area (Å²) in [5.41, 5.74) is 28.0. The van der Waals surface area contributed by atoms with Gasteiger partial charge in [-0.3, -0.25) is 19.9 Å². The summed E-state index contributed by atoms with van der Waals surface area (Å²) < 4.78 is 7.37. The minimum absolute atomic E-state index is 0.652. The maximum atomic E-state index is 5.22. The lowest BCUT2D eigenvalue weighted by molar-refractivity contribution is 1.16. The second-order valence-corrected chi connectivity index (χ2v) is 30.6. The van der Waals surface area contributed by atoms with Gasteiger partial charge in [-0.25, -0.2) is 19.9 Å². The Morgan fingerprint density at radius 3 is 0.931 bits per heavy atom. The van der Waals surface area contributed by atoms with Crippen molar-refractivity contribution in [2.24, 2.45) is 0 Å². The van der Waals surface area contributed by atoms with Gasteiger partial charge in [0.25, 0.3) is 0 Å². The van der Waals surface area contributed by atoms with Crippen molar-refractivity contribution in [3.63, 3.8) is 0 Å². The van der Waals surface area contributed by atoms with E-state index >= 15 is 0 Å². The first kappa shape index (κ1) is 68.9. The molecule has 0 amide bonds. The molecule has 0 radical (unpaired) electrons. The zero-order valence-electron chi connectivity index (χ0n) is 62.4. The van der Waals surface area contributed by atoms with Crippen LogP contribution in [0.4, 0.5) is 0 Å². The molecule has 0 spiro atoms. The van der Waals surface area contributed by atoms with Crippen LogP contribution >= 0.6 is 22.7 Å². The summed E-state index contributed by atoms with van der Waals surface area (Å²) in [6.45, 7) is 0. The maximum absolute atomic E-state index is 5.22. The molecule has 10 nitrogen and oxygen atoms in total. The van der Waals surface area contributed by atoms with Crippen molar-refractivity contribution in [1.82, 2.24) is 49.0 Å². The molecule has 0 fully saturated rings. The third-order valence-corrected chi connectivity index (χ3v) is 24.2. The first-order valence-electron chi connectivity index (χ1n) is 38.5. The monoisotopic (exact) mass is 1520 g/mol. The van der Waals surface area contributed by atoms with Crippen LogP contribution in [0.15, 0.2) is 401 Å². The Kier molecular flexibility index (Phi) is 17.7. The molecule has 0 aliphatic carbocycles. The van der Waals surface area contributed by atoms with Crippen molar-refractivity contribution in [2.45, 2.75) is 0 Å². The van der Waals surface area contributed by atoms with E-state index in [-0.39, 0.29) is 0 Å². The van der Waals surface area contributed by atoms with Gasteiger partial charge in [0.2, 0.25) is 0 Å². The number of hydrogen-bond acceptors (Lipinski definition) is 10. The number of aromatic nitrogens is 10. The molecule has 12 heteroatoms. The van der Waals surface area contributed by atoms with E-state index in [1.54, 1.807) is 24.8 Å². The summed E-state index contributed by atoms with van der Waals surface area (Å²) >= 11 is 3.77. The van der Waals surface area contributed by atoms with Gasteiger partial charge in [-0.05, 0) is 154 Å². The van der Waals surface area contributed by atoms with Crippen LogP contribution in [0.2, 0.25) is 0 Å². The van der Waals surface area contributed by atoms with Crippen LogP contribution in [0, 0.1) is 0 Å². The number of pyridine rings is 4. The van der Waals surface area contributed by atoms with Crippen LogP contribution in [-0.4, -0.2) is 49.0 Å². The molecule has 22 aromatic rings. The molecule has 116 heavy (non-hydrogen) atoms.